The summed E-state index contributed by atoms with van der Waals surface area (Å²) >= 11 is 12.4. The first-order chi connectivity index (χ1) is 10.9. The maximum Gasteiger partial charge on any atom is 0.291 e. The van der Waals surface area contributed by atoms with E-state index in [-0.39, 0.29) is 11.7 Å². The van der Waals surface area contributed by atoms with Crippen molar-refractivity contribution in [1.29, 1.82) is 0 Å². The minimum absolute atomic E-state index is 0.240. The fourth-order valence-corrected chi connectivity index (χ4v) is 3.25. The van der Waals surface area contributed by atoms with Crippen molar-refractivity contribution < 1.29 is 9.21 Å². The maximum absolute atomic E-state index is 12.6. The number of amides is 1. The second-order valence-corrected chi connectivity index (χ2v) is 6.38. The van der Waals surface area contributed by atoms with Gasteiger partial charge in [0.15, 0.2) is 11.3 Å². The molecule has 0 radical (unpaired) electrons. The Bertz CT molecular complexity index is 905. The Labute approximate surface area is 144 Å². The molecule has 0 atom stereocenters. The molecule has 1 heterocycles. The van der Waals surface area contributed by atoms with E-state index in [9.17, 15) is 4.79 Å². The molecule has 0 fully saturated rings. The van der Waals surface area contributed by atoms with Crippen molar-refractivity contribution >= 4 is 45.8 Å². The molecule has 0 aliphatic heterocycles. The van der Waals surface area contributed by atoms with Crippen molar-refractivity contribution in [3.8, 4) is 0 Å². The average Bonchev–Trinajstić information content (AvgIpc) is 2.82. The van der Waals surface area contributed by atoms with Crippen LogP contribution in [0.15, 0.2) is 34.7 Å². The molecule has 1 aromatic heterocycles. The molecule has 2 aromatic carbocycles. The molecule has 3 nitrogen and oxygen atoms in total. The van der Waals surface area contributed by atoms with Gasteiger partial charge in [-0.1, -0.05) is 41.4 Å². The Kier molecular flexibility index (Phi) is 4.09. The fraction of sp³-hybridized carbons (Fsp3) is 0.167. The molecule has 0 saturated heterocycles. The van der Waals surface area contributed by atoms with Crippen molar-refractivity contribution in [2.24, 2.45) is 0 Å². The first kappa shape index (κ1) is 15.9. The molecule has 1 N–H and O–H groups in total. The van der Waals surface area contributed by atoms with Gasteiger partial charge in [0.2, 0.25) is 0 Å². The van der Waals surface area contributed by atoms with Crippen molar-refractivity contribution in [1.82, 2.24) is 0 Å². The van der Waals surface area contributed by atoms with Gasteiger partial charge in [-0.25, -0.2) is 0 Å². The molecule has 1 amide bonds. The standard InChI is InChI=1S/C18H15Cl2NO2/c1-9-7-10(2)15(14(20)8-9)21-18(22)16-11(3)12-5-4-6-13(19)17(12)23-16/h4-8H,1-3H3,(H,21,22). The van der Waals surface area contributed by atoms with E-state index in [0.717, 1.165) is 22.1 Å². The predicted molar refractivity (Wildman–Crippen MR) is 94.8 cm³/mol. The lowest BCUT2D eigenvalue weighted by Crippen LogP contribution is -2.13. The number of hydrogen-bond acceptors (Lipinski definition) is 2. The fourth-order valence-electron chi connectivity index (χ4n) is 2.67. The third kappa shape index (κ3) is 2.82. The van der Waals surface area contributed by atoms with Gasteiger partial charge in [0.05, 0.1) is 15.7 Å². The van der Waals surface area contributed by atoms with Gasteiger partial charge >= 0.3 is 0 Å². The Hall–Kier alpha value is -1.97. The number of nitrogens with one attached hydrogen (secondary N) is 1. The van der Waals surface area contributed by atoms with Crippen LogP contribution in [-0.4, -0.2) is 5.91 Å². The van der Waals surface area contributed by atoms with Crippen molar-refractivity contribution in [3.63, 3.8) is 0 Å². The van der Waals surface area contributed by atoms with Crippen molar-refractivity contribution in [2.75, 3.05) is 5.32 Å². The summed E-state index contributed by atoms with van der Waals surface area (Å²) in [5, 5.41) is 4.65. The quantitative estimate of drug-likeness (QED) is 0.625. The molecule has 0 unspecified atom stereocenters. The van der Waals surface area contributed by atoms with Gasteiger partial charge in [-0.15, -0.1) is 0 Å². The Morgan fingerprint density at radius 2 is 1.83 bits per heavy atom. The molecule has 118 valence electrons. The van der Waals surface area contributed by atoms with E-state index in [4.69, 9.17) is 27.6 Å². The van der Waals surface area contributed by atoms with Gasteiger partial charge in [0, 0.05) is 10.9 Å². The highest BCUT2D eigenvalue weighted by Crippen LogP contribution is 2.32. The number of benzene rings is 2. The summed E-state index contributed by atoms with van der Waals surface area (Å²) in [5.41, 5.74) is 3.80. The van der Waals surface area contributed by atoms with Crippen LogP contribution in [0, 0.1) is 20.8 Å². The molecule has 5 heteroatoms. The van der Waals surface area contributed by atoms with Crippen LogP contribution in [0.2, 0.25) is 10.0 Å². The first-order valence-electron chi connectivity index (χ1n) is 7.14. The van der Waals surface area contributed by atoms with Crippen LogP contribution in [-0.2, 0) is 0 Å². The highest BCUT2D eigenvalue weighted by Gasteiger charge is 2.20. The summed E-state index contributed by atoms with van der Waals surface area (Å²) in [6, 6.07) is 9.21. The lowest BCUT2D eigenvalue weighted by Gasteiger charge is -2.10. The van der Waals surface area contributed by atoms with Crippen LogP contribution in [0.25, 0.3) is 11.0 Å². The number of halogens is 2. The molecule has 0 aliphatic rings. The predicted octanol–water partition coefficient (Wildman–Crippen LogP) is 5.92. The lowest BCUT2D eigenvalue weighted by molar-refractivity contribution is 0.0998. The minimum Gasteiger partial charge on any atom is -0.449 e. The molecule has 23 heavy (non-hydrogen) atoms. The Morgan fingerprint density at radius 3 is 2.48 bits per heavy atom. The number of carbonyl (C=O) groups is 1. The van der Waals surface area contributed by atoms with Gasteiger partial charge in [0.1, 0.15) is 0 Å². The highest BCUT2D eigenvalue weighted by molar-refractivity contribution is 6.35. The average molecular weight is 348 g/mol. The van der Waals surface area contributed by atoms with Crippen molar-refractivity contribution in [3.05, 3.63) is 62.8 Å². The smallest absolute Gasteiger partial charge is 0.291 e. The van der Waals surface area contributed by atoms with Crippen molar-refractivity contribution in [2.45, 2.75) is 20.8 Å². The van der Waals surface area contributed by atoms with E-state index in [0.29, 0.717) is 21.3 Å². The van der Waals surface area contributed by atoms with Gasteiger partial charge < -0.3 is 9.73 Å². The van der Waals surface area contributed by atoms with E-state index < -0.39 is 0 Å². The molecule has 3 aromatic rings. The molecule has 0 spiro atoms. The summed E-state index contributed by atoms with van der Waals surface area (Å²) in [7, 11) is 0. The molecular formula is C18H15Cl2NO2. The van der Waals surface area contributed by atoms with E-state index in [2.05, 4.69) is 5.32 Å². The zero-order chi connectivity index (χ0) is 16.7. The lowest BCUT2D eigenvalue weighted by atomic mass is 10.1. The van der Waals surface area contributed by atoms with Gasteiger partial charge in [0.25, 0.3) is 5.91 Å². The summed E-state index contributed by atoms with van der Waals surface area (Å²) in [6.45, 7) is 5.69. The number of para-hydroxylation sites is 1. The van der Waals surface area contributed by atoms with E-state index in [1.54, 1.807) is 6.07 Å². The van der Waals surface area contributed by atoms with Crippen LogP contribution in [0.3, 0.4) is 0 Å². The van der Waals surface area contributed by atoms with Crippen LogP contribution in [0.4, 0.5) is 5.69 Å². The van der Waals surface area contributed by atoms with Crippen LogP contribution in [0.1, 0.15) is 27.2 Å². The number of hydrogen-bond donors (Lipinski definition) is 1. The third-order valence-electron chi connectivity index (χ3n) is 3.79. The molecule has 3 rings (SSSR count). The van der Waals surface area contributed by atoms with Gasteiger partial charge in [-0.05, 0) is 44.0 Å². The zero-order valence-corrected chi connectivity index (χ0v) is 14.5. The topological polar surface area (TPSA) is 42.2 Å². The Balaban J connectivity index is 2.02. The molecular weight excluding hydrogens is 333 g/mol. The number of aryl methyl sites for hydroxylation is 3. The summed E-state index contributed by atoms with van der Waals surface area (Å²) in [6.07, 6.45) is 0. The summed E-state index contributed by atoms with van der Waals surface area (Å²) in [5.74, 6) is -0.104. The number of fused-ring (bicyclic) bond motifs is 1. The third-order valence-corrected chi connectivity index (χ3v) is 4.39. The van der Waals surface area contributed by atoms with E-state index >= 15 is 0 Å². The number of rotatable bonds is 2. The SMILES string of the molecule is Cc1cc(C)c(NC(=O)c2oc3c(Cl)cccc3c2C)c(Cl)c1. The highest BCUT2D eigenvalue weighted by atomic mass is 35.5. The second-order valence-electron chi connectivity index (χ2n) is 5.57. The van der Waals surface area contributed by atoms with Crippen LogP contribution < -0.4 is 5.32 Å². The molecule has 0 saturated carbocycles. The normalized spacial score (nSPS) is 11.0. The largest absolute Gasteiger partial charge is 0.449 e. The number of anilines is 1. The zero-order valence-electron chi connectivity index (χ0n) is 13.0. The second kappa shape index (κ2) is 5.91. The molecule has 0 bridgehead atoms. The van der Waals surface area contributed by atoms with E-state index in [1.807, 2.05) is 45.0 Å². The van der Waals surface area contributed by atoms with Crippen LogP contribution in [0.5, 0.6) is 0 Å². The maximum atomic E-state index is 12.6. The monoisotopic (exact) mass is 347 g/mol. The minimum atomic E-state index is -0.344. The first-order valence-corrected chi connectivity index (χ1v) is 7.89. The van der Waals surface area contributed by atoms with Crippen LogP contribution >= 0.6 is 23.2 Å². The Morgan fingerprint density at radius 1 is 1.09 bits per heavy atom. The number of carbonyl (C=O) groups excluding carboxylic acids is 1. The summed E-state index contributed by atoms with van der Waals surface area (Å²) in [4.78, 5) is 12.6. The van der Waals surface area contributed by atoms with Gasteiger partial charge in [-0.2, -0.15) is 0 Å². The molecule has 0 aliphatic carbocycles. The summed E-state index contributed by atoms with van der Waals surface area (Å²) < 4.78 is 5.68. The van der Waals surface area contributed by atoms with Gasteiger partial charge in [-0.3, -0.25) is 4.79 Å². The van der Waals surface area contributed by atoms with E-state index in [1.165, 1.54) is 0 Å². The number of furan rings is 1.